The maximum Gasteiger partial charge on any atom is 0.306 e. The van der Waals surface area contributed by atoms with Crippen LogP contribution in [0.25, 0.3) is 10.9 Å². The van der Waals surface area contributed by atoms with Crippen molar-refractivity contribution in [1.82, 2.24) is 14.4 Å². The van der Waals surface area contributed by atoms with Gasteiger partial charge in [-0.25, -0.2) is 0 Å². The summed E-state index contributed by atoms with van der Waals surface area (Å²) in [7, 11) is 3.55. The molecule has 3 aliphatic rings. The third kappa shape index (κ3) is 6.31. The Labute approximate surface area is 278 Å². The number of nitrogens with one attached hydrogen (secondary N) is 1. The summed E-state index contributed by atoms with van der Waals surface area (Å²) in [6.07, 6.45) is 5.53. The number of anilines is 1. The van der Waals surface area contributed by atoms with E-state index in [1.54, 1.807) is 25.4 Å². The van der Waals surface area contributed by atoms with Crippen molar-refractivity contribution >= 4 is 57.5 Å². The Morgan fingerprint density at radius 2 is 1.67 bits per heavy atom. The zero-order valence-electron chi connectivity index (χ0n) is 26.1. The van der Waals surface area contributed by atoms with Crippen molar-refractivity contribution < 1.29 is 29.0 Å². The van der Waals surface area contributed by atoms with Crippen molar-refractivity contribution in [3.8, 4) is 0 Å². The van der Waals surface area contributed by atoms with E-state index >= 15 is 0 Å². The minimum Gasteiger partial charge on any atom is -0.481 e. The van der Waals surface area contributed by atoms with Crippen molar-refractivity contribution in [2.45, 2.75) is 63.0 Å². The maximum atomic E-state index is 14.6. The lowest BCUT2D eigenvalue weighted by atomic mass is 9.87. The molecule has 1 amide bonds. The van der Waals surface area contributed by atoms with Crippen molar-refractivity contribution in [2.24, 2.45) is 13.0 Å². The van der Waals surface area contributed by atoms with Gasteiger partial charge in [-0.15, -0.1) is 0 Å². The summed E-state index contributed by atoms with van der Waals surface area (Å²) in [4.78, 5) is 43.7. The molecule has 1 atom stereocenters. The number of amides is 1. The molecule has 246 valence electrons. The highest BCUT2D eigenvalue weighted by atomic mass is 35.5. The van der Waals surface area contributed by atoms with E-state index in [2.05, 4.69) is 10.2 Å². The summed E-state index contributed by atoms with van der Waals surface area (Å²) in [6.45, 7) is 2.49. The number of benzene rings is 2. The van der Waals surface area contributed by atoms with Gasteiger partial charge in [0.05, 0.1) is 34.4 Å². The van der Waals surface area contributed by atoms with E-state index in [1.807, 2.05) is 40.8 Å². The number of fused-ring (bicyclic) bond motifs is 1. The number of aryl methyl sites for hydroxylation is 1. The van der Waals surface area contributed by atoms with E-state index in [0.717, 1.165) is 23.7 Å². The van der Waals surface area contributed by atoms with Crippen LogP contribution in [0, 0.1) is 5.92 Å². The number of carbonyl (C=O) groups is 3. The van der Waals surface area contributed by atoms with Crippen LogP contribution in [-0.2, 0) is 32.5 Å². The molecule has 1 aromatic heterocycles. The summed E-state index contributed by atoms with van der Waals surface area (Å²) in [5.41, 5.74) is 2.33. The summed E-state index contributed by atoms with van der Waals surface area (Å²) in [5, 5.41) is 13.8. The van der Waals surface area contributed by atoms with Gasteiger partial charge in [-0.2, -0.15) is 0 Å². The third-order valence-corrected chi connectivity index (χ3v) is 10.4. The largest absolute Gasteiger partial charge is 0.481 e. The van der Waals surface area contributed by atoms with Gasteiger partial charge in [0.1, 0.15) is 0 Å². The van der Waals surface area contributed by atoms with Crippen LogP contribution < -0.4 is 5.32 Å². The molecule has 10 nitrogen and oxygen atoms in total. The van der Waals surface area contributed by atoms with Gasteiger partial charge >= 0.3 is 5.97 Å². The molecule has 2 N–H and O–H groups in total. The van der Waals surface area contributed by atoms with Gasteiger partial charge in [0.25, 0.3) is 5.91 Å². The molecule has 0 bridgehead atoms. The molecule has 3 fully saturated rings. The summed E-state index contributed by atoms with van der Waals surface area (Å²) in [6, 6.07) is 10.9. The third-order valence-electron chi connectivity index (χ3n) is 9.74. The highest BCUT2D eigenvalue weighted by molar-refractivity contribution is 6.36. The molecule has 3 aromatic rings. The molecule has 12 heteroatoms. The van der Waals surface area contributed by atoms with Crippen LogP contribution in [0.15, 0.2) is 42.6 Å². The molecule has 1 saturated carbocycles. The zero-order valence-corrected chi connectivity index (χ0v) is 27.6. The number of ketones is 1. The molecule has 3 heterocycles. The molecule has 1 unspecified atom stereocenters. The Balaban J connectivity index is 1.25. The van der Waals surface area contributed by atoms with Gasteiger partial charge in [0.15, 0.2) is 5.78 Å². The summed E-state index contributed by atoms with van der Waals surface area (Å²) < 4.78 is 14.3. The molecule has 0 radical (unpaired) electrons. The number of aromatic nitrogens is 1. The minimum atomic E-state index is -1.33. The maximum absolute atomic E-state index is 14.6. The van der Waals surface area contributed by atoms with Gasteiger partial charge in [-0.1, -0.05) is 41.4 Å². The lowest BCUT2D eigenvalue weighted by molar-refractivity contribution is -0.282. The van der Waals surface area contributed by atoms with Gasteiger partial charge in [0, 0.05) is 68.9 Å². The Bertz CT molecular complexity index is 1630. The number of hydrogen-bond acceptors (Lipinski definition) is 7. The van der Waals surface area contributed by atoms with Gasteiger partial charge in [-0.3, -0.25) is 24.2 Å². The van der Waals surface area contributed by atoms with E-state index in [1.165, 1.54) is 0 Å². The number of nitrogens with zero attached hydrogens (tertiary/aromatic N) is 3. The first kappa shape index (κ1) is 32.9. The predicted molar refractivity (Wildman–Crippen MR) is 176 cm³/mol. The van der Waals surface area contributed by atoms with Crippen LogP contribution in [0.3, 0.4) is 0 Å². The molecule has 0 spiro atoms. The number of halogens is 2. The van der Waals surface area contributed by atoms with Crippen molar-refractivity contribution in [3.05, 3.63) is 63.8 Å². The van der Waals surface area contributed by atoms with E-state index in [-0.39, 0.29) is 41.3 Å². The van der Waals surface area contributed by atoms with Gasteiger partial charge in [-0.05, 0) is 62.3 Å². The van der Waals surface area contributed by atoms with Crippen molar-refractivity contribution in [1.29, 1.82) is 0 Å². The number of hydrogen-bond donors (Lipinski definition) is 2. The normalized spacial score (nSPS) is 22.4. The number of rotatable bonds is 11. The lowest BCUT2D eigenvalue weighted by Crippen LogP contribution is -2.74. The number of likely N-dealkylation sites (tertiary alicyclic amines) is 2. The highest BCUT2D eigenvalue weighted by Crippen LogP contribution is 2.39. The first-order valence-electron chi connectivity index (χ1n) is 15.9. The Morgan fingerprint density at radius 1 is 0.978 bits per heavy atom. The van der Waals surface area contributed by atoms with Crippen LogP contribution in [0.1, 0.15) is 54.4 Å². The average Bonchev–Trinajstić information content (AvgIpc) is 3.68. The van der Waals surface area contributed by atoms with Gasteiger partial charge in [0.2, 0.25) is 5.85 Å². The van der Waals surface area contributed by atoms with E-state index in [0.29, 0.717) is 73.7 Å². The molecule has 2 saturated heterocycles. The number of aliphatic carboxylic acids is 1. The Hall–Kier alpha value is -2.99. The van der Waals surface area contributed by atoms with Crippen LogP contribution in [0.5, 0.6) is 0 Å². The zero-order chi connectivity index (χ0) is 32.6. The number of carboxylic acid groups (broad SMARTS) is 1. The Kier molecular flexibility index (Phi) is 9.75. The predicted octanol–water partition coefficient (Wildman–Crippen LogP) is 5.59. The standard InChI is InChI=1S/C34H40Cl2N4O6/c1-38-20-26(25-7-3-4-8-30(25)38)32(42)37-29-17-27(35)22(15-28(29)36)16-31(41)34(39-13-5-6-14-39,40-18-24(19-40)45-2)46-23-11-9-21(10-12-23)33(43)44/h3-4,7-8,15,17,20-21,23-24H,5-6,9-14,16,18-19H2,1-2H3,(H,37,42)(H,43,44)/t21-,23-,34?. The molecular weight excluding hydrogens is 631 g/mol. The van der Waals surface area contributed by atoms with Crippen molar-refractivity contribution in [3.63, 3.8) is 0 Å². The SMILES string of the molecule is COC1CN(C(O[C@H]2CC[C@H](C(=O)O)CC2)(C(=O)Cc2cc(Cl)c(NC(=O)c3cn(C)c4ccccc34)cc2Cl)N2CCCC2)C1. The van der Waals surface area contributed by atoms with Crippen LogP contribution in [0.2, 0.25) is 10.0 Å². The highest BCUT2D eigenvalue weighted by Gasteiger charge is 2.56. The molecule has 6 rings (SSSR count). The van der Waals surface area contributed by atoms with Crippen LogP contribution in [-0.4, -0.2) is 88.5 Å². The van der Waals surface area contributed by atoms with Crippen molar-refractivity contribution in [2.75, 3.05) is 38.6 Å². The number of Topliss-reactive ketones (excluding diaryl/α,β-unsaturated/α-hetero) is 1. The van der Waals surface area contributed by atoms with E-state index < -0.39 is 11.8 Å². The first-order valence-corrected chi connectivity index (χ1v) is 16.7. The fourth-order valence-electron chi connectivity index (χ4n) is 7.10. The summed E-state index contributed by atoms with van der Waals surface area (Å²) in [5.74, 6) is -2.98. The van der Waals surface area contributed by atoms with E-state index in [9.17, 15) is 19.5 Å². The number of ether oxygens (including phenoxy) is 2. The van der Waals surface area contributed by atoms with Gasteiger partial charge < -0.3 is 24.5 Å². The monoisotopic (exact) mass is 670 g/mol. The smallest absolute Gasteiger partial charge is 0.306 e. The lowest BCUT2D eigenvalue weighted by Gasteiger charge is -2.55. The van der Waals surface area contributed by atoms with E-state index in [4.69, 9.17) is 32.7 Å². The fourth-order valence-corrected chi connectivity index (χ4v) is 7.57. The summed E-state index contributed by atoms with van der Waals surface area (Å²) >= 11 is 13.5. The fraction of sp³-hybridized carbons (Fsp3) is 0.500. The number of methoxy groups -OCH3 is 1. The quantitative estimate of drug-likeness (QED) is 0.272. The number of para-hydroxylation sites is 1. The second-order valence-corrected chi connectivity index (χ2v) is 13.5. The molecule has 2 aliphatic heterocycles. The minimum absolute atomic E-state index is 0.0104. The second-order valence-electron chi connectivity index (χ2n) is 12.6. The first-order chi connectivity index (χ1) is 22.1. The second kappa shape index (κ2) is 13.6. The molecule has 2 aromatic carbocycles. The van der Waals surface area contributed by atoms with Crippen LogP contribution in [0.4, 0.5) is 5.69 Å². The Morgan fingerprint density at radius 3 is 2.35 bits per heavy atom. The average molecular weight is 672 g/mol. The van der Waals surface area contributed by atoms with Crippen LogP contribution >= 0.6 is 23.2 Å². The number of carboxylic acids is 1. The molecule has 46 heavy (non-hydrogen) atoms. The topological polar surface area (TPSA) is 113 Å². The molecular formula is C34H40Cl2N4O6. The number of carbonyl (C=O) groups excluding carboxylic acids is 2. The molecule has 1 aliphatic carbocycles.